The summed E-state index contributed by atoms with van der Waals surface area (Å²) in [5, 5.41) is 12.5. The number of anilines is 1. The van der Waals surface area contributed by atoms with Crippen LogP contribution in [0.1, 0.15) is 16.7 Å². The van der Waals surface area contributed by atoms with Gasteiger partial charge in [0.2, 0.25) is 5.91 Å². The number of aryl methyl sites for hydroxylation is 3. The van der Waals surface area contributed by atoms with E-state index in [0.29, 0.717) is 11.0 Å². The summed E-state index contributed by atoms with van der Waals surface area (Å²) in [7, 11) is 1.64. The van der Waals surface area contributed by atoms with E-state index >= 15 is 0 Å². The second-order valence-electron chi connectivity index (χ2n) is 7.86. The molecule has 6 nitrogen and oxygen atoms in total. The maximum atomic E-state index is 12.7. The highest BCUT2D eigenvalue weighted by Crippen LogP contribution is 2.30. The van der Waals surface area contributed by atoms with E-state index in [0.717, 1.165) is 39.4 Å². The van der Waals surface area contributed by atoms with Gasteiger partial charge in [-0.3, -0.25) is 9.36 Å². The Kier molecular flexibility index (Phi) is 6.79. The molecule has 0 saturated heterocycles. The normalized spacial score (nSPS) is 10.8. The molecule has 0 saturated carbocycles. The number of hydrogen-bond donors (Lipinski definition) is 1. The van der Waals surface area contributed by atoms with Crippen LogP contribution in [-0.2, 0) is 4.79 Å². The molecule has 33 heavy (non-hydrogen) atoms. The van der Waals surface area contributed by atoms with Crippen LogP contribution in [0.25, 0.3) is 17.1 Å². The number of rotatable bonds is 7. The van der Waals surface area contributed by atoms with Gasteiger partial charge in [-0.2, -0.15) is 0 Å². The minimum atomic E-state index is -0.0879. The first-order chi connectivity index (χ1) is 15.9. The van der Waals surface area contributed by atoms with E-state index in [9.17, 15) is 4.79 Å². The van der Waals surface area contributed by atoms with E-state index in [1.165, 1.54) is 11.8 Å². The first kappa shape index (κ1) is 22.6. The van der Waals surface area contributed by atoms with E-state index in [4.69, 9.17) is 4.74 Å². The van der Waals surface area contributed by atoms with Crippen LogP contribution < -0.4 is 10.1 Å². The van der Waals surface area contributed by atoms with Crippen molar-refractivity contribution >= 4 is 23.4 Å². The predicted octanol–water partition coefficient (Wildman–Crippen LogP) is 5.60. The van der Waals surface area contributed by atoms with Crippen LogP contribution in [0.4, 0.5) is 5.69 Å². The Labute approximate surface area is 198 Å². The molecule has 0 fully saturated rings. The van der Waals surface area contributed by atoms with Gasteiger partial charge in [0.25, 0.3) is 0 Å². The van der Waals surface area contributed by atoms with Gasteiger partial charge in [-0.15, -0.1) is 10.2 Å². The molecule has 0 unspecified atom stereocenters. The summed E-state index contributed by atoms with van der Waals surface area (Å²) in [6, 6.07) is 21.9. The number of benzene rings is 3. The minimum absolute atomic E-state index is 0.0879. The molecule has 1 aromatic heterocycles. The zero-order valence-electron chi connectivity index (χ0n) is 19.1. The van der Waals surface area contributed by atoms with Crippen LogP contribution >= 0.6 is 11.8 Å². The van der Waals surface area contributed by atoms with Gasteiger partial charge in [0.1, 0.15) is 5.75 Å². The SMILES string of the molecule is COc1cccc(-c2nnc(SCC(=O)Nc3cc(C)ccc3C)n2-c2ccc(C)cc2)c1. The number of aromatic nitrogens is 3. The quantitative estimate of drug-likeness (QED) is 0.365. The van der Waals surface area contributed by atoms with Gasteiger partial charge in [-0.1, -0.05) is 53.7 Å². The number of hydrogen-bond acceptors (Lipinski definition) is 5. The standard InChI is InChI=1S/C26H26N4O2S/c1-17-9-12-21(13-10-17)30-25(20-6-5-7-22(15-20)32-4)28-29-26(30)33-16-24(31)27-23-14-18(2)8-11-19(23)3/h5-15H,16H2,1-4H3,(H,27,31). The van der Waals surface area contributed by atoms with Crippen molar-refractivity contribution in [3.63, 3.8) is 0 Å². The fourth-order valence-corrected chi connectivity index (χ4v) is 4.18. The van der Waals surface area contributed by atoms with Crippen molar-refractivity contribution in [2.24, 2.45) is 0 Å². The third kappa shape index (κ3) is 5.26. The fourth-order valence-electron chi connectivity index (χ4n) is 3.43. The van der Waals surface area contributed by atoms with E-state index in [1.807, 2.05) is 92.1 Å². The molecule has 0 bridgehead atoms. The third-order valence-corrected chi connectivity index (χ3v) is 6.18. The third-order valence-electron chi connectivity index (χ3n) is 5.25. The monoisotopic (exact) mass is 458 g/mol. The topological polar surface area (TPSA) is 69.0 Å². The van der Waals surface area contributed by atoms with Crippen LogP contribution in [0.5, 0.6) is 5.75 Å². The second-order valence-corrected chi connectivity index (χ2v) is 8.81. The summed E-state index contributed by atoms with van der Waals surface area (Å²) in [4.78, 5) is 12.7. The molecule has 1 heterocycles. The van der Waals surface area contributed by atoms with Crippen LogP contribution in [-0.4, -0.2) is 33.5 Å². The number of ether oxygens (including phenoxy) is 1. The fraction of sp³-hybridized carbons (Fsp3) is 0.192. The Hall–Kier alpha value is -3.58. The Balaban J connectivity index is 1.62. The lowest BCUT2D eigenvalue weighted by Crippen LogP contribution is -2.15. The van der Waals surface area contributed by atoms with E-state index in [1.54, 1.807) is 7.11 Å². The summed E-state index contributed by atoms with van der Waals surface area (Å²) in [5.41, 5.74) is 5.94. The Bertz CT molecular complexity index is 1280. The van der Waals surface area contributed by atoms with Crippen molar-refractivity contribution in [2.75, 3.05) is 18.2 Å². The zero-order valence-corrected chi connectivity index (χ0v) is 19.9. The van der Waals surface area contributed by atoms with Crippen LogP contribution in [0.15, 0.2) is 71.9 Å². The molecule has 0 aliphatic rings. The van der Waals surface area contributed by atoms with Gasteiger partial charge in [0, 0.05) is 16.9 Å². The van der Waals surface area contributed by atoms with Gasteiger partial charge >= 0.3 is 0 Å². The Morgan fingerprint density at radius 3 is 2.48 bits per heavy atom. The van der Waals surface area contributed by atoms with Crippen molar-refractivity contribution < 1.29 is 9.53 Å². The molecule has 4 aromatic rings. The van der Waals surface area contributed by atoms with Crippen molar-refractivity contribution in [3.05, 3.63) is 83.4 Å². The van der Waals surface area contributed by atoms with Crippen molar-refractivity contribution in [2.45, 2.75) is 25.9 Å². The molecule has 168 valence electrons. The predicted molar refractivity (Wildman–Crippen MR) is 133 cm³/mol. The van der Waals surface area contributed by atoms with E-state index in [-0.39, 0.29) is 11.7 Å². The summed E-state index contributed by atoms with van der Waals surface area (Å²) in [6.45, 7) is 6.04. The van der Waals surface area contributed by atoms with Crippen LogP contribution in [0, 0.1) is 20.8 Å². The smallest absolute Gasteiger partial charge is 0.234 e. The van der Waals surface area contributed by atoms with E-state index < -0.39 is 0 Å². The van der Waals surface area contributed by atoms with Crippen molar-refractivity contribution in [1.29, 1.82) is 0 Å². The summed E-state index contributed by atoms with van der Waals surface area (Å²) in [6.07, 6.45) is 0. The molecule has 0 spiro atoms. The molecule has 4 rings (SSSR count). The second kappa shape index (κ2) is 9.92. The van der Waals surface area contributed by atoms with Gasteiger partial charge in [-0.05, 0) is 62.2 Å². The molecule has 1 N–H and O–H groups in total. The maximum Gasteiger partial charge on any atom is 0.234 e. The molecule has 1 amide bonds. The highest BCUT2D eigenvalue weighted by atomic mass is 32.2. The minimum Gasteiger partial charge on any atom is -0.497 e. The lowest BCUT2D eigenvalue weighted by Gasteiger charge is -2.12. The molecule has 0 aliphatic carbocycles. The highest BCUT2D eigenvalue weighted by molar-refractivity contribution is 7.99. The van der Waals surface area contributed by atoms with Gasteiger partial charge in [-0.25, -0.2) is 0 Å². The van der Waals surface area contributed by atoms with Crippen LogP contribution in [0.3, 0.4) is 0 Å². The van der Waals surface area contributed by atoms with Crippen LogP contribution in [0.2, 0.25) is 0 Å². The molecular weight excluding hydrogens is 432 g/mol. The summed E-state index contributed by atoms with van der Waals surface area (Å²) in [5.74, 6) is 1.56. The molecule has 0 atom stereocenters. The number of amides is 1. The first-order valence-corrected chi connectivity index (χ1v) is 11.6. The molecular formula is C26H26N4O2S. The molecule has 3 aromatic carbocycles. The number of carbonyl (C=O) groups excluding carboxylic acids is 1. The van der Waals surface area contributed by atoms with E-state index in [2.05, 4.69) is 15.5 Å². The average molecular weight is 459 g/mol. The Morgan fingerprint density at radius 2 is 1.73 bits per heavy atom. The number of methoxy groups -OCH3 is 1. The lowest BCUT2D eigenvalue weighted by molar-refractivity contribution is -0.113. The summed E-state index contributed by atoms with van der Waals surface area (Å²) >= 11 is 1.36. The highest BCUT2D eigenvalue weighted by Gasteiger charge is 2.18. The molecule has 7 heteroatoms. The number of nitrogens with one attached hydrogen (secondary N) is 1. The van der Waals surface area contributed by atoms with Gasteiger partial charge in [0.05, 0.1) is 12.9 Å². The van der Waals surface area contributed by atoms with Crippen molar-refractivity contribution in [3.8, 4) is 22.8 Å². The van der Waals surface area contributed by atoms with Crippen molar-refractivity contribution in [1.82, 2.24) is 14.8 Å². The first-order valence-electron chi connectivity index (χ1n) is 10.6. The van der Waals surface area contributed by atoms with Gasteiger partial charge < -0.3 is 10.1 Å². The maximum absolute atomic E-state index is 12.7. The zero-order chi connectivity index (χ0) is 23.4. The average Bonchev–Trinajstić information content (AvgIpc) is 3.24. The summed E-state index contributed by atoms with van der Waals surface area (Å²) < 4.78 is 7.36. The molecule has 0 aliphatic heterocycles. The number of carbonyl (C=O) groups is 1. The largest absolute Gasteiger partial charge is 0.497 e. The Morgan fingerprint density at radius 1 is 0.970 bits per heavy atom. The lowest BCUT2D eigenvalue weighted by atomic mass is 10.1. The molecule has 0 radical (unpaired) electrons. The number of thioether (sulfide) groups is 1. The number of nitrogens with zero attached hydrogens (tertiary/aromatic N) is 3. The van der Waals surface area contributed by atoms with Gasteiger partial charge in [0.15, 0.2) is 11.0 Å².